The van der Waals surface area contributed by atoms with Gasteiger partial charge in [-0.05, 0) is 28.1 Å². The predicted molar refractivity (Wildman–Crippen MR) is 70.3 cm³/mol. The Kier molecular flexibility index (Phi) is 4.00. The van der Waals surface area contributed by atoms with Crippen molar-refractivity contribution >= 4 is 33.0 Å². The van der Waals surface area contributed by atoms with Crippen molar-refractivity contribution in [1.82, 2.24) is 4.90 Å². The maximum Gasteiger partial charge on any atom is 0.0701 e. The summed E-state index contributed by atoms with van der Waals surface area (Å²) in [6.45, 7) is 5.08. The third kappa shape index (κ3) is 2.84. The maximum absolute atomic E-state index is 8.81. The summed E-state index contributed by atoms with van der Waals surface area (Å²) in [5, 5.41) is 12.2. The van der Waals surface area contributed by atoms with Gasteiger partial charge in [0.25, 0.3) is 0 Å². The highest BCUT2D eigenvalue weighted by Crippen LogP contribution is 2.24. The SMILES string of the molecule is CC1CN(Cc2ccc(Br)s2)CC/C1=N\O. The predicted octanol–water partition coefficient (Wildman–Crippen LogP) is 3.18. The molecule has 88 valence electrons. The molecule has 2 heterocycles. The van der Waals surface area contributed by atoms with Gasteiger partial charge >= 0.3 is 0 Å². The van der Waals surface area contributed by atoms with E-state index in [0.29, 0.717) is 5.92 Å². The second kappa shape index (κ2) is 5.29. The lowest BCUT2D eigenvalue weighted by Gasteiger charge is -2.30. The smallest absolute Gasteiger partial charge is 0.0701 e. The van der Waals surface area contributed by atoms with Crippen LogP contribution in [-0.4, -0.2) is 28.9 Å². The second-order valence-corrected chi connectivity index (χ2v) is 6.73. The molecule has 2 rings (SSSR count). The Morgan fingerprint density at radius 1 is 1.62 bits per heavy atom. The number of halogens is 1. The van der Waals surface area contributed by atoms with Gasteiger partial charge in [-0.3, -0.25) is 4.90 Å². The first-order valence-corrected chi connectivity index (χ1v) is 6.97. The Bertz CT molecular complexity index is 391. The summed E-state index contributed by atoms with van der Waals surface area (Å²) in [7, 11) is 0. The van der Waals surface area contributed by atoms with E-state index in [2.05, 4.69) is 45.0 Å². The third-order valence-electron chi connectivity index (χ3n) is 2.92. The van der Waals surface area contributed by atoms with Crippen molar-refractivity contribution in [3.8, 4) is 0 Å². The van der Waals surface area contributed by atoms with Crippen molar-refractivity contribution in [2.45, 2.75) is 19.9 Å². The highest BCUT2D eigenvalue weighted by atomic mass is 79.9. The van der Waals surface area contributed by atoms with Gasteiger partial charge in [0.1, 0.15) is 0 Å². The molecule has 0 saturated carbocycles. The van der Waals surface area contributed by atoms with Crippen LogP contribution in [0.1, 0.15) is 18.2 Å². The van der Waals surface area contributed by atoms with Crippen molar-refractivity contribution in [2.24, 2.45) is 11.1 Å². The number of likely N-dealkylation sites (tertiary alicyclic amines) is 1. The van der Waals surface area contributed by atoms with Crippen molar-refractivity contribution in [3.05, 3.63) is 20.8 Å². The lowest BCUT2D eigenvalue weighted by Crippen LogP contribution is -2.39. The van der Waals surface area contributed by atoms with Crippen LogP contribution in [0.4, 0.5) is 0 Å². The minimum absolute atomic E-state index is 0.363. The van der Waals surface area contributed by atoms with Crippen molar-refractivity contribution in [1.29, 1.82) is 0 Å². The van der Waals surface area contributed by atoms with Gasteiger partial charge in [0.05, 0.1) is 9.50 Å². The molecule has 1 aromatic rings. The largest absolute Gasteiger partial charge is 0.411 e. The van der Waals surface area contributed by atoms with Crippen LogP contribution in [0.25, 0.3) is 0 Å². The standard InChI is InChI=1S/C11H15BrN2OS/c1-8-6-14(5-4-10(8)13-15)7-9-2-3-11(12)16-9/h2-3,8,15H,4-7H2,1H3/b13-10+. The number of nitrogens with zero attached hydrogens (tertiary/aromatic N) is 2. The zero-order chi connectivity index (χ0) is 11.5. The Labute approximate surface area is 108 Å². The van der Waals surface area contributed by atoms with E-state index in [1.807, 2.05) is 0 Å². The molecule has 0 aromatic carbocycles. The summed E-state index contributed by atoms with van der Waals surface area (Å²) in [6, 6.07) is 4.25. The molecule has 0 aliphatic carbocycles. The molecule has 5 heteroatoms. The first-order valence-electron chi connectivity index (χ1n) is 5.36. The number of piperidine rings is 1. The summed E-state index contributed by atoms with van der Waals surface area (Å²) < 4.78 is 1.19. The molecule has 1 aliphatic heterocycles. The molecule has 1 saturated heterocycles. The highest BCUT2D eigenvalue weighted by Gasteiger charge is 2.22. The number of hydrogen-bond donors (Lipinski definition) is 1. The zero-order valence-corrected chi connectivity index (χ0v) is 11.6. The monoisotopic (exact) mass is 302 g/mol. The highest BCUT2D eigenvalue weighted by molar-refractivity contribution is 9.11. The molecule has 0 bridgehead atoms. The van der Waals surface area contributed by atoms with E-state index < -0.39 is 0 Å². The van der Waals surface area contributed by atoms with Crippen molar-refractivity contribution < 1.29 is 5.21 Å². The van der Waals surface area contributed by atoms with Crippen LogP contribution in [0.2, 0.25) is 0 Å². The van der Waals surface area contributed by atoms with Crippen LogP contribution in [0.3, 0.4) is 0 Å². The quantitative estimate of drug-likeness (QED) is 0.673. The van der Waals surface area contributed by atoms with Crippen LogP contribution in [0.5, 0.6) is 0 Å². The minimum atomic E-state index is 0.363. The molecule has 1 unspecified atom stereocenters. The fourth-order valence-corrected chi connectivity index (χ4v) is 3.58. The van der Waals surface area contributed by atoms with E-state index in [1.54, 1.807) is 11.3 Å². The van der Waals surface area contributed by atoms with E-state index in [-0.39, 0.29) is 0 Å². The number of hydrogen-bond acceptors (Lipinski definition) is 4. The van der Waals surface area contributed by atoms with E-state index in [0.717, 1.165) is 31.8 Å². The van der Waals surface area contributed by atoms with E-state index in [9.17, 15) is 0 Å². The van der Waals surface area contributed by atoms with Crippen LogP contribution >= 0.6 is 27.3 Å². The van der Waals surface area contributed by atoms with Gasteiger partial charge in [0.15, 0.2) is 0 Å². The van der Waals surface area contributed by atoms with Gasteiger partial charge in [0.2, 0.25) is 0 Å². The molecule has 1 aromatic heterocycles. The molecule has 0 spiro atoms. The summed E-state index contributed by atoms with van der Waals surface area (Å²) in [6.07, 6.45) is 0.879. The number of thiophene rings is 1. The van der Waals surface area contributed by atoms with Crippen LogP contribution in [-0.2, 0) is 6.54 Å². The van der Waals surface area contributed by atoms with Crippen molar-refractivity contribution in [2.75, 3.05) is 13.1 Å². The number of rotatable bonds is 2. The summed E-state index contributed by atoms with van der Waals surface area (Å²) in [5.74, 6) is 0.363. The van der Waals surface area contributed by atoms with E-state index in [1.165, 1.54) is 8.66 Å². The van der Waals surface area contributed by atoms with Gasteiger partial charge in [-0.1, -0.05) is 12.1 Å². The zero-order valence-electron chi connectivity index (χ0n) is 9.19. The molecule has 3 nitrogen and oxygen atoms in total. The van der Waals surface area contributed by atoms with Gasteiger partial charge in [-0.2, -0.15) is 0 Å². The van der Waals surface area contributed by atoms with Crippen LogP contribution in [0.15, 0.2) is 21.1 Å². The normalized spacial score (nSPS) is 25.1. The maximum atomic E-state index is 8.81. The minimum Gasteiger partial charge on any atom is -0.411 e. The topological polar surface area (TPSA) is 35.8 Å². The summed E-state index contributed by atoms with van der Waals surface area (Å²) in [5.41, 5.74) is 0.934. The Morgan fingerprint density at radius 3 is 3.00 bits per heavy atom. The molecule has 1 aliphatic rings. The lowest BCUT2D eigenvalue weighted by atomic mass is 9.98. The third-order valence-corrected chi connectivity index (χ3v) is 4.53. The molecular weight excluding hydrogens is 288 g/mol. The average molecular weight is 303 g/mol. The molecule has 1 fully saturated rings. The molecule has 0 radical (unpaired) electrons. The molecule has 0 amide bonds. The van der Waals surface area contributed by atoms with Gasteiger partial charge in [0, 0.05) is 36.9 Å². The van der Waals surface area contributed by atoms with Gasteiger partial charge < -0.3 is 5.21 Å². The summed E-state index contributed by atoms with van der Waals surface area (Å²) in [4.78, 5) is 3.79. The fourth-order valence-electron chi connectivity index (χ4n) is 2.05. The Hall–Kier alpha value is -0.390. The van der Waals surface area contributed by atoms with E-state index >= 15 is 0 Å². The van der Waals surface area contributed by atoms with Gasteiger partial charge in [-0.15, -0.1) is 11.3 Å². The van der Waals surface area contributed by atoms with Crippen LogP contribution < -0.4 is 0 Å². The molecule has 1 N–H and O–H groups in total. The van der Waals surface area contributed by atoms with Crippen molar-refractivity contribution in [3.63, 3.8) is 0 Å². The molecular formula is C11H15BrN2OS. The second-order valence-electron chi connectivity index (χ2n) is 4.18. The molecule has 16 heavy (non-hydrogen) atoms. The first kappa shape index (κ1) is 12.1. The number of oxime groups is 1. The van der Waals surface area contributed by atoms with E-state index in [4.69, 9.17) is 5.21 Å². The Morgan fingerprint density at radius 2 is 2.44 bits per heavy atom. The first-order chi connectivity index (χ1) is 7.69. The average Bonchev–Trinajstić information content (AvgIpc) is 2.64. The fraction of sp³-hybridized carbons (Fsp3) is 0.545. The Balaban J connectivity index is 1.93. The molecule has 1 atom stereocenters. The van der Waals surface area contributed by atoms with Gasteiger partial charge in [-0.25, -0.2) is 0 Å². The summed E-state index contributed by atoms with van der Waals surface area (Å²) >= 11 is 5.26. The van der Waals surface area contributed by atoms with Crippen LogP contribution in [0, 0.1) is 5.92 Å². The lowest BCUT2D eigenvalue weighted by molar-refractivity contribution is 0.230.